The highest BCUT2D eigenvalue weighted by Crippen LogP contribution is 2.26. The Morgan fingerprint density at radius 3 is 2.30 bits per heavy atom. The SMILES string of the molecule is N.[Br][Mg][CH2]C1CCCCC1. The Kier molecular flexibility index (Phi) is 7.72. The first-order valence-electron chi connectivity index (χ1n) is 3.99. The molecule has 0 saturated heterocycles. The van der Waals surface area contributed by atoms with Gasteiger partial charge in [-0.25, -0.2) is 0 Å². The molecular weight excluding hydrogens is 202 g/mol. The maximum Gasteiger partial charge on any atom is 0.468 e. The van der Waals surface area contributed by atoms with E-state index in [-0.39, 0.29) is 24.3 Å². The van der Waals surface area contributed by atoms with Crippen LogP contribution in [-0.4, -0.2) is 18.2 Å². The van der Waals surface area contributed by atoms with Gasteiger partial charge in [0.25, 0.3) is 0 Å². The number of rotatable bonds is 2. The second kappa shape index (κ2) is 6.89. The lowest BCUT2D eigenvalue weighted by molar-refractivity contribution is 0.385. The Morgan fingerprint density at radius 1 is 1.20 bits per heavy atom. The van der Waals surface area contributed by atoms with Gasteiger partial charge < -0.3 is 19.0 Å². The molecule has 1 aliphatic rings. The highest BCUT2D eigenvalue weighted by molar-refractivity contribution is 9.23. The summed E-state index contributed by atoms with van der Waals surface area (Å²) in [6, 6.07) is 0. The van der Waals surface area contributed by atoms with Crippen LogP contribution in [0.15, 0.2) is 0 Å². The van der Waals surface area contributed by atoms with Crippen LogP contribution in [0.4, 0.5) is 0 Å². The van der Waals surface area contributed by atoms with Gasteiger partial charge in [0.05, 0.1) is 0 Å². The quantitative estimate of drug-likeness (QED) is 0.710. The molecule has 0 spiro atoms. The van der Waals surface area contributed by atoms with Crippen LogP contribution in [0.3, 0.4) is 0 Å². The van der Waals surface area contributed by atoms with Crippen LogP contribution >= 0.6 is 12.9 Å². The summed E-state index contributed by atoms with van der Waals surface area (Å²) in [5.74, 6) is 1.12. The Bertz CT molecular complexity index is 71.3. The van der Waals surface area contributed by atoms with E-state index in [0.29, 0.717) is 0 Å². The fourth-order valence-electron chi connectivity index (χ4n) is 1.63. The van der Waals surface area contributed by atoms with Crippen molar-refractivity contribution >= 4 is 31.1 Å². The molecule has 1 saturated carbocycles. The molecule has 0 bridgehead atoms. The van der Waals surface area contributed by atoms with Crippen molar-refractivity contribution in [2.75, 3.05) is 0 Å². The van der Waals surface area contributed by atoms with Crippen LogP contribution in [0.5, 0.6) is 0 Å². The van der Waals surface area contributed by atoms with E-state index in [1.54, 1.807) is 4.55 Å². The van der Waals surface area contributed by atoms with Crippen LogP contribution in [-0.2, 0) is 0 Å². The van der Waals surface area contributed by atoms with Crippen molar-refractivity contribution in [1.82, 2.24) is 6.15 Å². The summed E-state index contributed by atoms with van der Waals surface area (Å²) in [6.45, 7) is 0. The minimum Gasteiger partial charge on any atom is -0.344 e. The molecule has 58 valence electrons. The third-order valence-electron chi connectivity index (χ3n) is 2.24. The molecule has 0 aromatic rings. The van der Waals surface area contributed by atoms with Gasteiger partial charge in [-0.15, -0.1) is 4.55 Å². The smallest absolute Gasteiger partial charge is 0.344 e. The summed E-state index contributed by atoms with van der Waals surface area (Å²) in [6.07, 6.45) is 7.57. The van der Waals surface area contributed by atoms with Crippen molar-refractivity contribution in [2.45, 2.75) is 36.7 Å². The molecule has 0 atom stereocenters. The average Bonchev–Trinajstić information content (AvgIpc) is 1.91. The number of halogens is 1. The molecule has 1 fully saturated rings. The van der Waals surface area contributed by atoms with E-state index >= 15 is 0 Å². The van der Waals surface area contributed by atoms with Crippen molar-refractivity contribution in [3.63, 3.8) is 0 Å². The Morgan fingerprint density at radius 2 is 1.80 bits per heavy atom. The first kappa shape index (κ1) is 11.2. The second-order valence-electron chi connectivity index (χ2n) is 2.98. The zero-order valence-electron chi connectivity index (χ0n) is 6.61. The maximum atomic E-state index is 3.62. The zero-order chi connectivity index (χ0) is 6.53. The second-order valence-corrected chi connectivity index (χ2v) is 6.32. The highest BCUT2D eigenvalue weighted by atomic mass is 79.9. The summed E-state index contributed by atoms with van der Waals surface area (Å²) in [7, 11) is 0. The fourth-order valence-corrected chi connectivity index (χ4v) is 4.46. The minimum atomic E-state index is 0. The topological polar surface area (TPSA) is 35.0 Å². The average molecular weight is 218 g/mol. The van der Waals surface area contributed by atoms with Crippen molar-refractivity contribution in [3.8, 4) is 0 Å². The van der Waals surface area contributed by atoms with Crippen molar-refractivity contribution < 1.29 is 0 Å². The largest absolute Gasteiger partial charge is 0.468 e. The van der Waals surface area contributed by atoms with Crippen molar-refractivity contribution in [3.05, 3.63) is 0 Å². The molecule has 1 rings (SSSR count). The molecular formula is C7H16BrMgN. The molecule has 0 amide bonds. The first-order valence-corrected chi connectivity index (χ1v) is 8.89. The molecule has 1 aliphatic carbocycles. The van der Waals surface area contributed by atoms with Crippen LogP contribution in [0, 0.1) is 5.92 Å². The predicted molar refractivity (Wildman–Crippen MR) is 51.1 cm³/mol. The predicted octanol–water partition coefficient (Wildman–Crippen LogP) is 3.16. The lowest BCUT2D eigenvalue weighted by Crippen LogP contribution is -2.06. The molecule has 1 nitrogen and oxygen atoms in total. The van der Waals surface area contributed by atoms with Gasteiger partial charge in [-0.1, -0.05) is 38.0 Å². The molecule has 0 heterocycles. The van der Waals surface area contributed by atoms with Crippen LogP contribution in [0.1, 0.15) is 32.1 Å². The molecule has 0 aromatic carbocycles. The molecule has 3 heteroatoms. The van der Waals surface area contributed by atoms with Gasteiger partial charge in [-0.2, -0.15) is 0 Å². The Balaban J connectivity index is 0.000000810. The van der Waals surface area contributed by atoms with E-state index in [4.69, 9.17) is 0 Å². The standard InChI is InChI=1S/C7H13.BrH.Mg.H3N/c1-7-5-3-2-4-6-7;;;/h7H,1-6H2;1H;;1H3/q;;+1;/p-1. The van der Waals surface area contributed by atoms with Gasteiger partial charge in [-0.3, -0.25) is 0 Å². The van der Waals surface area contributed by atoms with Crippen LogP contribution in [0.2, 0.25) is 4.55 Å². The van der Waals surface area contributed by atoms with E-state index in [0.717, 1.165) is 5.92 Å². The summed E-state index contributed by atoms with van der Waals surface area (Å²) < 4.78 is 1.54. The number of hydrogen-bond acceptors (Lipinski definition) is 1. The normalized spacial score (nSPS) is 19.3. The van der Waals surface area contributed by atoms with E-state index < -0.39 is 0 Å². The van der Waals surface area contributed by atoms with Gasteiger partial charge in [0.15, 0.2) is 0 Å². The fraction of sp³-hybridized carbons (Fsp3) is 1.00. The molecule has 0 aromatic heterocycles. The lowest BCUT2D eigenvalue weighted by Gasteiger charge is -2.20. The molecule has 10 heavy (non-hydrogen) atoms. The van der Waals surface area contributed by atoms with Gasteiger partial charge in [0, 0.05) is 0 Å². The highest BCUT2D eigenvalue weighted by Gasteiger charge is 2.12. The number of hydrogen-bond donors (Lipinski definition) is 1. The monoisotopic (exact) mass is 217 g/mol. The van der Waals surface area contributed by atoms with E-state index in [1.165, 1.54) is 32.1 Å². The van der Waals surface area contributed by atoms with E-state index in [9.17, 15) is 0 Å². The molecule has 0 radical (unpaired) electrons. The molecule has 3 N–H and O–H groups in total. The maximum absolute atomic E-state index is 3.62. The lowest BCUT2D eigenvalue weighted by atomic mass is 9.91. The van der Waals surface area contributed by atoms with E-state index in [2.05, 4.69) is 12.9 Å². The third kappa shape index (κ3) is 4.16. The van der Waals surface area contributed by atoms with Crippen LogP contribution in [0.25, 0.3) is 0 Å². The third-order valence-corrected chi connectivity index (χ3v) is 4.65. The zero-order valence-corrected chi connectivity index (χ0v) is 9.61. The van der Waals surface area contributed by atoms with Gasteiger partial charge in [0.2, 0.25) is 0 Å². The first-order chi connectivity index (χ1) is 4.43. The minimum absolute atomic E-state index is 0. The summed E-state index contributed by atoms with van der Waals surface area (Å²) in [5, 5.41) is 0. The Hall–Kier alpha value is 1.21. The van der Waals surface area contributed by atoms with Gasteiger partial charge in [0.1, 0.15) is 0 Å². The van der Waals surface area contributed by atoms with Crippen molar-refractivity contribution in [1.29, 1.82) is 0 Å². The van der Waals surface area contributed by atoms with E-state index in [1.807, 2.05) is 0 Å². The van der Waals surface area contributed by atoms with Crippen LogP contribution < -0.4 is 6.15 Å². The summed E-state index contributed by atoms with van der Waals surface area (Å²) in [4.78, 5) is 0. The molecule has 0 unspecified atom stereocenters. The van der Waals surface area contributed by atoms with Gasteiger partial charge >= 0.3 is 18.2 Å². The summed E-state index contributed by atoms with van der Waals surface area (Å²) >= 11 is 3.81. The van der Waals surface area contributed by atoms with Gasteiger partial charge in [-0.05, 0) is 0 Å². The van der Waals surface area contributed by atoms with Crippen molar-refractivity contribution in [2.24, 2.45) is 5.92 Å². The molecule has 0 aliphatic heterocycles. The Labute approximate surface area is 79.5 Å². The summed E-state index contributed by atoms with van der Waals surface area (Å²) in [5.41, 5.74) is 0.